The highest BCUT2D eigenvalue weighted by Crippen LogP contribution is 2.34. The zero-order valence-corrected chi connectivity index (χ0v) is 12.0. The summed E-state index contributed by atoms with van der Waals surface area (Å²) in [7, 11) is 1.93. The number of thioether (sulfide) groups is 2. The van der Waals surface area contributed by atoms with Crippen molar-refractivity contribution < 1.29 is 5.11 Å². The molecule has 3 nitrogen and oxygen atoms in total. The van der Waals surface area contributed by atoms with Gasteiger partial charge < -0.3 is 5.11 Å². The first-order chi connectivity index (χ1) is 8.16. The van der Waals surface area contributed by atoms with Gasteiger partial charge in [0.2, 0.25) is 0 Å². The lowest BCUT2D eigenvalue weighted by atomic mass is 10.1. The minimum atomic E-state index is -0.192. The van der Waals surface area contributed by atoms with Gasteiger partial charge in [-0.3, -0.25) is 4.68 Å². The fourth-order valence-corrected chi connectivity index (χ4v) is 5.04. The summed E-state index contributed by atoms with van der Waals surface area (Å²) in [6, 6.07) is 0. The van der Waals surface area contributed by atoms with E-state index in [-0.39, 0.29) is 6.10 Å². The van der Waals surface area contributed by atoms with Crippen molar-refractivity contribution in [2.75, 3.05) is 11.5 Å². The molecule has 1 aliphatic heterocycles. The molecule has 17 heavy (non-hydrogen) atoms. The van der Waals surface area contributed by atoms with Crippen molar-refractivity contribution in [2.45, 2.75) is 36.4 Å². The van der Waals surface area contributed by atoms with Crippen molar-refractivity contribution in [1.29, 1.82) is 0 Å². The number of rotatable bonds is 4. The Labute approximate surface area is 111 Å². The van der Waals surface area contributed by atoms with Crippen LogP contribution in [0.4, 0.5) is 0 Å². The van der Waals surface area contributed by atoms with Gasteiger partial charge in [-0.2, -0.15) is 28.6 Å². The van der Waals surface area contributed by atoms with E-state index >= 15 is 0 Å². The molecule has 0 aliphatic carbocycles. The molecule has 2 heterocycles. The van der Waals surface area contributed by atoms with Crippen molar-refractivity contribution in [3.05, 3.63) is 18.0 Å². The minimum absolute atomic E-state index is 0.192. The third kappa shape index (κ3) is 3.66. The van der Waals surface area contributed by atoms with E-state index in [0.717, 1.165) is 12.8 Å². The third-order valence-electron chi connectivity index (χ3n) is 3.10. The summed E-state index contributed by atoms with van der Waals surface area (Å²) in [5.74, 6) is 2.39. The van der Waals surface area contributed by atoms with E-state index in [9.17, 15) is 5.11 Å². The molecule has 1 aromatic heterocycles. The molecule has 0 spiro atoms. The molecule has 3 atom stereocenters. The summed E-state index contributed by atoms with van der Waals surface area (Å²) in [6.45, 7) is 2.23. The molecule has 0 bridgehead atoms. The maximum atomic E-state index is 10.3. The summed E-state index contributed by atoms with van der Waals surface area (Å²) in [6.07, 6.45) is 5.48. The van der Waals surface area contributed by atoms with Gasteiger partial charge in [0.05, 0.1) is 12.3 Å². The van der Waals surface area contributed by atoms with E-state index in [1.807, 2.05) is 47.6 Å². The summed E-state index contributed by atoms with van der Waals surface area (Å²) in [5, 5.41) is 15.4. The van der Waals surface area contributed by atoms with Crippen LogP contribution in [0.15, 0.2) is 12.4 Å². The highest BCUT2D eigenvalue weighted by molar-refractivity contribution is 8.07. The number of nitrogens with zero attached hydrogens (tertiary/aromatic N) is 2. The molecule has 1 N–H and O–H groups in total. The SMILES string of the molecule is CC1SCCSC1C(O)CCc1cnn(C)c1. The second-order valence-electron chi connectivity index (χ2n) is 4.54. The maximum Gasteiger partial charge on any atom is 0.0672 e. The van der Waals surface area contributed by atoms with Crippen molar-refractivity contribution in [2.24, 2.45) is 7.05 Å². The predicted octanol–water partition coefficient (Wildman–Crippen LogP) is 1.95. The van der Waals surface area contributed by atoms with E-state index < -0.39 is 0 Å². The average Bonchev–Trinajstić information content (AvgIpc) is 2.73. The van der Waals surface area contributed by atoms with Gasteiger partial charge in [-0.25, -0.2) is 0 Å². The van der Waals surface area contributed by atoms with E-state index in [1.54, 1.807) is 0 Å². The van der Waals surface area contributed by atoms with Gasteiger partial charge in [-0.05, 0) is 18.4 Å². The second-order valence-corrected chi connectivity index (χ2v) is 7.31. The number of hydrogen-bond acceptors (Lipinski definition) is 4. The van der Waals surface area contributed by atoms with E-state index in [4.69, 9.17) is 0 Å². The van der Waals surface area contributed by atoms with Gasteiger partial charge >= 0.3 is 0 Å². The lowest BCUT2D eigenvalue weighted by Crippen LogP contribution is -2.34. The molecule has 96 valence electrons. The van der Waals surface area contributed by atoms with Crippen LogP contribution in [-0.4, -0.2) is 43.0 Å². The quantitative estimate of drug-likeness (QED) is 0.909. The summed E-state index contributed by atoms with van der Waals surface area (Å²) in [5.41, 5.74) is 1.22. The first kappa shape index (κ1) is 13.3. The Morgan fingerprint density at radius 1 is 1.53 bits per heavy atom. The molecular formula is C12H20N2OS2. The highest BCUT2D eigenvalue weighted by Gasteiger charge is 2.28. The monoisotopic (exact) mass is 272 g/mol. The minimum Gasteiger partial charge on any atom is -0.392 e. The average molecular weight is 272 g/mol. The Hall–Kier alpha value is -0.130. The van der Waals surface area contributed by atoms with E-state index in [0.29, 0.717) is 10.5 Å². The van der Waals surface area contributed by atoms with Crippen LogP contribution >= 0.6 is 23.5 Å². The molecule has 1 fully saturated rings. The first-order valence-corrected chi connectivity index (χ1v) is 8.15. The third-order valence-corrected chi connectivity index (χ3v) is 6.34. The lowest BCUT2D eigenvalue weighted by molar-refractivity contribution is 0.161. The molecule has 5 heteroatoms. The van der Waals surface area contributed by atoms with Crippen LogP contribution < -0.4 is 0 Å². The van der Waals surface area contributed by atoms with Crippen LogP contribution in [-0.2, 0) is 13.5 Å². The lowest BCUT2D eigenvalue weighted by Gasteiger charge is -2.31. The van der Waals surface area contributed by atoms with Gasteiger partial charge in [0.1, 0.15) is 0 Å². The Morgan fingerprint density at radius 3 is 2.94 bits per heavy atom. The van der Waals surface area contributed by atoms with E-state index in [1.165, 1.54) is 17.1 Å². The van der Waals surface area contributed by atoms with Crippen molar-refractivity contribution in [3.63, 3.8) is 0 Å². The Balaban J connectivity index is 1.82. The molecule has 0 aromatic carbocycles. The molecule has 1 aromatic rings. The van der Waals surface area contributed by atoms with Crippen LogP contribution in [0.25, 0.3) is 0 Å². The Morgan fingerprint density at radius 2 is 2.29 bits per heavy atom. The summed E-state index contributed by atoms with van der Waals surface area (Å²) >= 11 is 3.91. The highest BCUT2D eigenvalue weighted by atomic mass is 32.2. The molecule has 0 amide bonds. The normalized spacial score (nSPS) is 27.0. The van der Waals surface area contributed by atoms with Crippen molar-refractivity contribution in [1.82, 2.24) is 9.78 Å². The van der Waals surface area contributed by atoms with Crippen molar-refractivity contribution >= 4 is 23.5 Å². The van der Waals surface area contributed by atoms with Gasteiger partial charge in [-0.15, -0.1) is 0 Å². The summed E-state index contributed by atoms with van der Waals surface area (Å²) in [4.78, 5) is 0. The molecule has 2 rings (SSSR count). The van der Waals surface area contributed by atoms with Crippen molar-refractivity contribution in [3.8, 4) is 0 Å². The Kier molecular flexibility index (Phi) is 4.82. The number of aliphatic hydroxyl groups excluding tert-OH is 1. The largest absolute Gasteiger partial charge is 0.392 e. The molecule has 1 aliphatic rings. The zero-order chi connectivity index (χ0) is 12.3. The smallest absolute Gasteiger partial charge is 0.0672 e. The number of aryl methyl sites for hydroxylation is 2. The molecule has 1 saturated heterocycles. The standard InChI is InChI=1S/C12H20N2OS2/c1-9-12(17-6-5-16-9)11(15)4-3-10-7-13-14(2)8-10/h7-9,11-12,15H,3-6H2,1-2H3. The zero-order valence-electron chi connectivity index (χ0n) is 10.4. The molecule has 0 saturated carbocycles. The topological polar surface area (TPSA) is 38.1 Å². The van der Waals surface area contributed by atoms with Gasteiger partial charge in [0, 0.05) is 35.3 Å². The molecule has 0 radical (unpaired) electrons. The van der Waals surface area contributed by atoms with Gasteiger partial charge in [0.25, 0.3) is 0 Å². The van der Waals surface area contributed by atoms with Crippen LogP contribution in [0.3, 0.4) is 0 Å². The fourth-order valence-electron chi connectivity index (χ4n) is 2.15. The number of aromatic nitrogens is 2. The molecular weight excluding hydrogens is 252 g/mol. The van der Waals surface area contributed by atoms with Crippen LogP contribution in [0, 0.1) is 0 Å². The van der Waals surface area contributed by atoms with Gasteiger partial charge in [0.15, 0.2) is 0 Å². The van der Waals surface area contributed by atoms with E-state index in [2.05, 4.69) is 12.0 Å². The first-order valence-electron chi connectivity index (χ1n) is 6.05. The summed E-state index contributed by atoms with van der Waals surface area (Å²) < 4.78 is 1.82. The Bertz CT molecular complexity index is 356. The maximum absolute atomic E-state index is 10.3. The van der Waals surface area contributed by atoms with Crippen LogP contribution in [0.2, 0.25) is 0 Å². The fraction of sp³-hybridized carbons (Fsp3) is 0.750. The second kappa shape index (κ2) is 6.16. The van der Waals surface area contributed by atoms with Gasteiger partial charge in [-0.1, -0.05) is 6.92 Å². The van der Waals surface area contributed by atoms with Crippen LogP contribution in [0.1, 0.15) is 18.9 Å². The number of hydrogen-bond donors (Lipinski definition) is 1. The van der Waals surface area contributed by atoms with Crippen LogP contribution in [0.5, 0.6) is 0 Å². The number of aliphatic hydroxyl groups is 1. The predicted molar refractivity (Wildman–Crippen MR) is 75.7 cm³/mol. The molecule has 3 unspecified atom stereocenters.